The summed E-state index contributed by atoms with van der Waals surface area (Å²) < 4.78 is 19.1. The zero-order valence-corrected chi connectivity index (χ0v) is 11.4. The first-order valence-corrected chi connectivity index (χ1v) is 6.28. The van der Waals surface area contributed by atoms with E-state index in [1.165, 1.54) is 6.07 Å². The van der Waals surface area contributed by atoms with Crippen LogP contribution in [0.5, 0.6) is 5.75 Å². The number of ether oxygens (including phenoxy) is 1. The number of benzene rings is 2. The van der Waals surface area contributed by atoms with E-state index >= 15 is 0 Å². The Balaban J connectivity index is 2.28. The van der Waals surface area contributed by atoms with Gasteiger partial charge in [-0.25, -0.2) is 4.39 Å². The Hall–Kier alpha value is -2.03. The van der Waals surface area contributed by atoms with Gasteiger partial charge in [0, 0.05) is 5.56 Å². The Morgan fingerprint density at radius 2 is 1.84 bits per heavy atom. The monoisotopic (exact) mass is 259 g/mol. The third kappa shape index (κ3) is 2.87. The van der Waals surface area contributed by atoms with E-state index in [2.05, 4.69) is 5.32 Å². The van der Waals surface area contributed by atoms with Crippen molar-refractivity contribution >= 4 is 5.69 Å². The van der Waals surface area contributed by atoms with Gasteiger partial charge in [-0.3, -0.25) is 0 Å². The lowest BCUT2D eigenvalue weighted by Gasteiger charge is -2.20. The lowest BCUT2D eigenvalue weighted by atomic mass is 10.1. The maximum absolute atomic E-state index is 13.8. The summed E-state index contributed by atoms with van der Waals surface area (Å²) in [5.41, 5.74) is 2.44. The van der Waals surface area contributed by atoms with Gasteiger partial charge >= 0.3 is 0 Å². The van der Waals surface area contributed by atoms with Crippen LogP contribution in [0.25, 0.3) is 0 Å². The summed E-state index contributed by atoms with van der Waals surface area (Å²) in [5, 5.41) is 3.21. The summed E-state index contributed by atoms with van der Waals surface area (Å²) >= 11 is 0. The van der Waals surface area contributed by atoms with E-state index in [0.29, 0.717) is 5.69 Å². The summed E-state index contributed by atoms with van der Waals surface area (Å²) in [5.74, 6) is 0.568. The normalized spacial score (nSPS) is 12.0. The molecule has 1 atom stereocenters. The molecule has 0 aromatic heterocycles. The van der Waals surface area contributed by atoms with Gasteiger partial charge in [0.1, 0.15) is 11.6 Å². The summed E-state index contributed by atoms with van der Waals surface area (Å²) in [7, 11) is 1.64. The summed E-state index contributed by atoms with van der Waals surface area (Å²) in [6.45, 7) is 3.88. The molecule has 3 heteroatoms. The number of rotatable bonds is 4. The molecule has 0 aliphatic carbocycles. The lowest BCUT2D eigenvalue weighted by molar-refractivity contribution is 0.408. The number of para-hydroxylation sites is 2. The van der Waals surface area contributed by atoms with Crippen LogP contribution in [0, 0.1) is 12.7 Å². The molecule has 2 rings (SSSR count). The topological polar surface area (TPSA) is 21.3 Å². The first kappa shape index (κ1) is 13.4. The first-order chi connectivity index (χ1) is 9.13. The SMILES string of the molecule is COc1ccccc1C(C)Nc1c(C)cccc1F. The molecule has 1 unspecified atom stereocenters. The molecule has 2 nitrogen and oxygen atoms in total. The summed E-state index contributed by atoms with van der Waals surface area (Å²) in [4.78, 5) is 0. The van der Waals surface area contributed by atoms with Crippen LogP contribution in [0.4, 0.5) is 10.1 Å². The smallest absolute Gasteiger partial charge is 0.146 e. The van der Waals surface area contributed by atoms with E-state index in [0.717, 1.165) is 16.9 Å². The molecule has 0 fully saturated rings. The fourth-order valence-electron chi connectivity index (χ4n) is 2.13. The molecule has 0 bridgehead atoms. The van der Waals surface area contributed by atoms with Crippen molar-refractivity contribution in [1.82, 2.24) is 0 Å². The van der Waals surface area contributed by atoms with Crippen molar-refractivity contribution in [2.45, 2.75) is 19.9 Å². The lowest BCUT2D eigenvalue weighted by Crippen LogP contribution is -2.10. The van der Waals surface area contributed by atoms with Gasteiger partial charge in [0.05, 0.1) is 18.8 Å². The van der Waals surface area contributed by atoms with Crippen molar-refractivity contribution in [3.05, 3.63) is 59.4 Å². The molecule has 0 saturated heterocycles. The molecule has 0 heterocycles. The molecule has 2 aromatic rings. The molecule has 100 valence electrons. The van der Waals surface area contributed by atoms with Crippen LogP contribution in [-0.2, 0) is 0 Å². The van der Waals surface area contributed by atoms with Crippen LogP contribution in [0.1, 0.15) is 24.1 Å². The minimum absolute atomic E-state index is 0.0354. The second-order valence-corrected chi connectivity index (χ2v) is 4.54. The minimum Gasteiger partial charge on any atom is -0.496 e. The predicted molar refractivity (Wildman–Crippen MR) is 76.2 cm³/mol. The van der Waals surface area contributed by atoms with Crippen LogP contribution in [-0.4, -0.2) is 7.11 Å². The average molecular weight is 259 g/mol. The third-order valence-corrected chi connectivity index (χ3v) is 3.19. The number of nitrogens with one attached hydrogen (secondary N) is 1. The average Bonchev–Trinajstić information content (AvgIpc) is 2.42. The highest BCUT2D eigenvalue weighted by atomic mass is 19.1. The van der Waals surface area contributed by atoms with Gasteiger partial charge in [-0.05, 0) is 31.5 Å². The van der Waals surface area contributed by atoms with E-state index in [4.69, 9.17) is 4.74 Å². The predicted octanol–water partition coefficient (Wildman–Crippen LogP) is 4.32. The standard InChI is InChI=1S/C16H18FNO/c1-11-7-6-9-14(17)16(11)18-12(2)13-8-4-5-10-15(13)19-3/h4-10,12,18H,1-3H3. The zero-order valence-electron chi connectivity index (χ0n) is 11.4. The number of halogens is 1. The molecular formula is C16H18FNO. The third-order valence-electron chi connectivity index (χ3n) is 3.19. The Morgan fingerprint density at radius 3 is 2.53 bits per heavy atom. The maximum Gasteiger partial charge on any atom is 0.146 e. The summed E-state index contributed by atoms with van der Waals surface area (Å²) in [6, 6.07) is 12.8. The van der Waals surface area contributed by atoms with Crippen LogP contribution >= 0.6 is 0 Å². The van der Waals surface area contributed by atoms with Crippen LogP contribution < -0.4 is 10.1 Å². The van der Waals surface area contributed by atoms with Crippen LogP contribution in [0.2, 0.25) is 0 Å². The van der Waals surface area contributed by atoms with Gasteiger partial charge < -0.3 is 10.1 Å². The molecule has 0 radical (unpaired) electrons. The minimum atomic E-state index is -0.234. The Bertz CT molecular complexity index is 548. The van der Waals surface area contributed by atoms with E-state index < -0.39 is 0 Å². The number of anilines is 1. The maximum atomic E-state index is 13.8. The van der Waals surface area contributed by atoms with Crippen molar-refractivity contribution in [2.24, 2.45) is 0 Å². The van der Waals surface area contributed by atoms with E-state index in [-0.39, 0.29) is 11.9 Å². The van der Waals surface area contributed by atoms with Crippen molar-refractivity contribution in [3.63, 3.8) is 0 Å². The zero-order chi connectivity index (χ0) is 13.8. The number of methoxy groups -OCH3 is 1. The molecule has 0 aliphatic rings. The Morgan fingerprint density at radius 1 is 1.11 bits per heavy atom. The van der Waals surface area contributed by atoms with Gasteiger partial charge in [0.15, 0.2) is 0 Å². The van der Waals surface area contributed by atoms with E-state index in [9.17, 15) is 4.39 Å². The molecular weight excluding hydrogens is 241 g/mol. The molecule has 0 saturated carbocycles. The van der Waals surface area contributed by atoms with Crippen molar-refractivity contribution in [1.29, 1.82) is 0 Å². The molecule has 0 aliphatic heterocycles. The largest absolute Gasteiger partial charge is 0.496 e. The second-order valence-electron chi connectivity index (χ2n) is 4.54. The molecule has 19 heavy (non-hydrogen) atoms. The van der Waals surface area contributed by atoms with Crippen molar-refractivity contribution in [2.75, 3.05) is 12.4 Å². The quantitative estimate of drug-likeness (QED) is 0.883. The highest BCUT2D eigenvalue weighted by Gasteiger charge is 2.13. The molecule has 0 amide bonds. The number of hydrogen-bond acceptors (Lipinski definition) is 2. The number of hydrogen-bond donors (Lipinski definition) is 1. The summed E-state index contributed by atoms with van der Waals surface area (Å²) in [6.07, 6.45) is 0. The highest BCUT2D eigenvalue weighted by Crippen LogP contribution is 2.29. The Labute approximate surface area is 113 Å². The fourth-order valence-corrected chi connectivity index (χ4v) is 2.13. The van der Waals surface area contributed by atoms with E-state index in [1.54, 1.807) is 13.2 Å². The second kappa shape index (κ2) is 5.74. The molecule has 2 aromatic carbocycles. The van der Waals surface area contributed by atoms with Crippen molar-refractivity contribution in [3.8, 4) is 5.75 Å². The van der Waals surface area contributed by atoms with E-state index in [1.807, 2.05) is 44.2 Å². The van der Waals surface area contributed by atoms with Crippen molar-refractivity contribution < 1.29 is 9.13 Å². The fraction of sp³-hybridized carbons (Fsp3) is 0.250. The van der Waals surface area contributed by atoms with Gasteiger partial charge in [-0.1, -0.05) is 30.3 Å². The van der Waals surface area contributed by atoms with Gasteiger partial charge in [-0.2, -0.15) is 0 Å². The molecule has 1 N–H and O–H groups in total. The van der Waals surface area contributed by atoms with Gasteiger partial charge in [0.2, 0.25) is 0 Å². The van der Waals surface area contributed by atoms with Gasteiger partial charge in [-0.15, -0.1) is 0 Å². The number of aryl methyl sites for hydroxylation is 1. The van der Waals surface area contributed by atoms with Crippen LogP contribution in [0.3, 0.4) is 0 Å². The molecule has 0 spiro atoms. The van der Waals surface area contributed by atoms with Gasteiger partial charge in [0.25, 0.3) is 0 Å². The van der Waals surface area contributed by atoms with Crippen LogP contribution in [0.15, 0.2) is 42.5 Å². The highest BCUT2D eigenvalue weighted by molar-refractivity contribution is 5.54. The first-order valence-electron chi connectivity index (χ1n) is 6.28. The Kier molecular flexibility index (Phi) is 4.05.